The summed E-state index contributed by atoms with van der Waals surface area (Å²) in [5, 5.41) is 21.1. The molecular weight excluding hydrogens is 660 g/mol. The van der Waals surface area contributed by atoms with Crippen molar-refractivity contribution < 1.29 is 33.3 Å². The number of para-hydroxylation sites is 1. The zero-order valence-electron chi connectivity index (χ0n) is 29.2. The van der Waals surface area contributed by atoms with Crippen LogP contribution in [0.15, 0.2) is 59.5 Å². The molecule has 4 aromatic rings. The number of hydrogen-bond donors (Lipinski definition) is 5. The van der Waals surface area contributed by atoms with Gasteiger partial charge in [-0.1, -0.05) is 62.4 Å². The van der Waals surface area contributed by atoms with Crippen molar-refractivity contribution >= 4 is 39.6 Å². The van der Waals surface area contributed by atoms with Gasteiger partial charge in [-0.3, -0.25) is 18.7 Å². The second kappa shape index (κ2) is 14.4. The maximum Gasteiger partial charge on any atom is 0.326 e. The number of rotatable bonds is 12. The molecule has 0 aliphatic carbocycles. The number of aryl methyl sites for hydroxylation is 3. The van der Waals surface area contributed by atoms with Gasteiger partial charge in [-0.25, -0.2) is 9.48 Å². The Labute approximate surface area is 293 Å². The van der Waals surface area contributed by atoms with E-state index in [9.17, 15) is 28.6 Å². The number of fused-ring (bicyclic) bond motifs is 2. The maximum atomic E-state index is 14.1. The van der Waals surface area contributed by atoms with Crippen LogP contribution in [0.25, 0.3) is 11.0 Å². The Hall–Kier alpha value is -4.50. The first kappa shape index (κ1) is 36.8. The van der Waals surface area contributed by atoms with Crippen molar-refractivity contribution in [3.8, 4) is 5.75 Å². The number of nitrogens with one attached hydrogen (secondary N) is 1. The van der Waals surface area contributed by atoms with E-state index in [2.05, 4.69) is 15.6 Å². The highest BCUT2D eigenvalue weighted by atomic mass is 32.3. The molecule has 6 N–H and O–H groups in total. The molecule has 2 amide bonds. The van der Waals surface area contributed by atoms with Gasteiger partial charge >= 0.3 is 5.97 Å². The average Bonchev–Trinajstić information content (AvgIpc) is 3.45. The number of carboxylic acids is 1. The van der Waals surface area contributed by atoms with Crippen LogP contribution in [0.4, 0.5) is 0 Å². The van der Waals surface area contributed by atoms with Gasteiger partial charge in [-0.2, -0.15) is 4.31 Å². The molecule has 0 saturated carbocycles. The zero-order valence-corrected chi connectivity index (χ0v) is 30.0. The summed E-state index contributed by atoms with van der Waals surface area (Å²) in [4.78, 5) is 38.1. The molecule has 3 atom stereocenters. The predicted molar refractivity (Wildman–Crippen MR) is 191 cm³/mol. The minimum Gasteiger partial charge on any atom is -0.487 e. The van der Waals surface area contributed by atoms with Crippen LogP contribution >= 0.6 is 10.8 Å². The molecule has 0 spiro atoms. The standard InChI is InChI=1S/C36H46N6O7S/c1-7-25-20-41(50(47,48)30-12-10-9-11-29(30)49-25)19-24-17-23(14-13-21(24)3)32(26-15-16-28-33(22(26)4)39-40-42(28)8-2)36(5,6)35(46)38-27(34(44)45)18-31(37)43/h9-17,25,27,32,47-48H,7-8,18-20H2,1-6H3,(H2,37,43)(H,38,46)(H,44,45). The molecule has 1 aliphatic rings. The Bertz CT molecular complexity index is 1930. The van der Waals surface area contributed by atoms with Gasteiger partial charge in [0, 0.05) is 19.0 Å². The highest BCUT2D eigenvalue weighted by Crippen LogP contribution is 2.57. The quantitative estimate of drug-likeness (QED) is 0.128. The number of carboxylic acid groups (broad SMARTS) is 1. The summed E-state index contributed by atoms with van der Waals surface area (Å²) in [7, 11) is -3.43. The zero-order chi connectivity index (χ0) is 36.5. The summed E-state index contributed by atoms with van der Waals surface area (Å²) in [5.41, 5.74) is 9.60. The van der Waals surface area contributed by atoms with Gasteiger partial charge in [0.2, 0.25) is 11.8 Å². The number of benzene rings is 3. The van der Waals surface area contributed by atoms with E-state index in [-0.39, 0.29) is 19.2 Å². The monoisotopic (exact) mass is 706 g/mol. The maximum absolute atomic E-state index is 14.1. The van der Waals surface area contributed by atoms with Crippen LogP contribution in [0, 0.1) is 19.3 Å². The molecule has 0 bridgehead atoms. The first-order chi connectivity index (χ1) is 23.6. The number of hydrogen-bond acceptors (Lipinski definition) is 9. The Morgan fingerprint density at radius 3 is 2.48 bits per heavy atom. The average molecular weight is 707 g/mol. The Morgan fingerprint density at radius 1 is 1.10 bits per heavy atom. The van der Waals surface area contributed by atoms with E-state index in [1.165, 1.54) is 0 Å². The number of carbonyl (C=O) groups excluding carboxylic acids is 2. The van der Waals surface area contributed by atoms with E-state index in [0.29, 0.717) is 29.1 Å². The molecule has 5 rings (SSSR count). The molecule has 3 unspecified atom stereocenters. The van der Waals surface area contributed by atoms with Gasteiger partial charge in [0.05, 0.1) is 23.9 Å². The van der Waals surface area contributed by atoms with Gasteiger partial charge in [0.15, 0.2) is 0 Å². The molecular formula is C36H46N6O7S. The highest BCUT2D eigenvalue weighted by molar-refractivity contribution is 8.22. The third-order valence-corrected chi connectivity index (χ3v) is 11.5. The number of carbonyl (C=O) groups is 3. The molecule has 50 heavy (non-hydrogen) atoms. The number of ether oxygens (including phenoxy) is 1. The SMILES string of the molecule is CCC1CN(Cc2cc(C(c3ccc4c(nnn4CC)c3C)C(C)(C)C(=O)NC(CC(N)=O)C(=O)O)ccc2C)S(O)(O)c2ccccc2O1. The number of aromatic nitrogens is 3. The number of nitrogens with two attached hydrogens (primary N) is 1. The summed E-state index contributed by atoms with van der Waals surface area (Å²) in [6.07, 6.45) is -0.185. The third kappa shape index (κ3) is 7.06. The summed E-state index contributed by atoms with van der Waals surface area (Å²) in [6.45, 7) is 12.4. The fourth-order valence-corrected chi connectivity index (χ4v) is 8.27. The van der Waals surface area contributed by atoms with Gasteiger partial charge in [-0.05, 0) is 73.2 Å². The van der Waals surface area contributed by atoms with E-state index in [1.54, 1.807) is 47.1 Å². The normalized spacial score (nSPS) is 18.0. The molecule has 0 radical (unpaired) electrons. The number of primary amides is 1. The van der Waals surface area contributed by atoms with Crippen molar-refractivity contribution in [1.29, 1.82) is 0 Å². The lowest BCUT2D eigenvalue weighted by Crippen LogP contribution is -2.50. The second-order valence-electron chi connectivity index (χ2n) is 13.4. The Morgan fingerprint density at radius 2 is 1.82 bits per heavy atom. The Kier molecular flexibility index (Phi) is 10.6. The van der Waals surface area contributed by atoms with Crippen LogP contribution in [0.1, 0.15) is 74.3 Å². The lowest BCUT2D eigenvalue weighted by molar-refractivity contribution is -0.145. The van der Waals surface area contributed by atoms with Crippen LogP contribution in [-0.2, 0) is 27.5 Å². The van der Waals surface area contributed by atoms with Crippen molar-refractivity contribution in [3.05, 3.63) is 82.4 Å². The number of amides is 2. The first-order valence-corrected chi connectivity index (χ1v) is 18.1. The summed E-state index contributed by atoms with van der Waals surface area (Å²) in [5.74, 6) is -3.01. The first-order valence-electron chi connectivity index (χ1n) is 16.6. The van der Waals surface area contributed by atoms with E-state index < -0.39 is 52.4 Å². The molecule has 2 heterocycles. The third-order valence-electron chi connectivity index (χ3n) is 9.62. The molecule has 268 valence electrons. The van der Waals surface area contributed by atoms with Crippen molar-refractivity contribution in [2.24, 2.45) is 11.1 Å². The van der Waals surface area contributed by atoms with E-state index in [4.69, 9.17) is 10.5 Å². The summed E-state index contributed by atoms with van der Waals surface area (Å²) >= 11 is 0. The van der Waals surface area contributed by atoms with Crippen molar-refractivity contribution in [3.63, 3.8) is 0 Å². The largest absolute Gasteiger partial charge is 0.487 e. The van der Waals surface area contributed by atoms with Crippen molar-refractivity contribution in [2.75, 3.05) is 6.54 Å². The number of aliphatic carboxylic acids is 1. The van der Waals surface area contributed by atoms with E-state index in [1.807, 2.05) is 58.0 Å². The van der Waals surface area contributed by atoms with Crippen LogP contribution in [0.3, 0.4) is 0 Å². The molecule has 0 saturated heterocycles. The van der Waals surface area contributed by atoms with E-state index >= 15 is 0 Å². The fourth-order valence-electron chi connectivity index (χ4n) is 6.65. The van der Waals surface area contributed by atoms with Gasteiger partial charge in [-0.15, -0.1) is 15.9 Å². The van der Waals surface area contributed by atoms with Crippen molar-refractivity contribution in [2.45, 2.75) is 90.4 Å². The van der Waals surface area contributed by atoms with Crippen LogP contribution in [0.5, 0.6) is 5.75 Å². The molecule has 13 nitrogen and oxygen atoms in total. The van der Waals surface area contributed by atoms with Crippen LogP contribution in [0.2, 0.25) is 0 Å². The second-order valence-corrected chi connectivity index (χ2v) is 15.4. The fraction of sp³-hybridized carbons (Fsp3) is 0.417. The summed E-state index contributed by atoms with van der Waals surface area (Å²) in [6, 6.07) is 15.2. The topological polar surface area (TPSA) is 193 Å². The van der Waals surface area contributed by atoms with Gasteiger partial charge in [0.25, 0.3) is 0 Å². The van der Waals surface area contributed by atoms with Crippen molar-refractivity contribution in [1.82, 2.24) is 24.6 Å². The molecule has 14 heteroatoms. The highest BCUT2D eigenvalue weighted by Gasteiger charge is 2.42. The summed E-state index contributed by atoms with van der Waals surface area (Å²) < 4.78 is 33.0. The van der Waals surface area contributed by atoms with Crippen LogP contribution in [-0.4, -0.2) is 70.0 Å². The Balaban J connectivity index is 1.63. The smallest absolute Gasteiger partial charge is 0.326 e. The number of nitrogens with zero attached hydrogens (tertiary/aromatic N) is 4. The predicted octanol–water partition coefficient (Wildman–Crippen LogP) is 5.37. The molecule has 0 fully saturated rings. The minimum absolute atomic E-state index is 0.179. The van der Waals surface area contributed by atoms with Gasteiger partial charge in [0.1, 0.15) is 28.3 Å². The molecule has 3 aromatic carbocycles. The van der Waals surface area contributed by atoms with Gasteiger partial charge < -0.3 is 20.9 Å². The van der Waals surface area contributed by atoms with E-state index in [0.717, 1.165) is 33.3 Å². The molecule has 1 aromatic heterocycles. The minimum atomic E-state index is -3.43. The lowest BCUT2D eigenvalue weighted by atomic mass is 9.69. The van der Waals surface area contributed by atoms with Crippen LogP contribution < -0.4 is 15.8 Å². The molecule has 1 aliphatic heterocycles. The lowest BCUT2D eigenvalue weighted by Gasteiger charge is -2.42.